The van der Waals surface area contributed by atoms with Crippen LogP contribution in [0.3, 0.4) is 0 Å². The van der Waals surface area contributed by atoms with Crippen LogP contribution >= 0.6 is 0 Å². The molecule has 5 fully saturated rings. The second-order valence-corrected chi connectivity index (χ2v) is 16.6. The van der Waals surface area contributed by atoms with E-state index in [0.717, 1.165) is 129 Å². The maximum atomic E-state index is 13.3. The Balaban J connectivity index is 0.690. The fourth-order valence-corrected chi connectivity index (χ4v) is 9.16. The van der Waals surface area contributed by atoms with E-state index in [1.54, 1.807) is 18.5 Å². The van der Waals surface area contributed by atoms with Crippen LogP contribution in [-0.4, -0.2) is 135 Å². The highest BCUT2D eigenvalue weighted by Gasteiger charge is 2.45. The minimum atomic E-state index is -0.954. The van der Waals surface area contributed by atoms with E-state index < -0.39 is 23.8 Å². The second-order valence-electron chi connectivity index (χ2n) is 16.6. The Morgan fingerprint density at radius 1 is 0.839 bits per heavy atom. The molecular weight excluding hydrogens is 713 g/mol. The van der Waals surface area contributed by atoms with Gasteiger partial charge >= 0.3 is 0 Å². The van der Waals surface area contributed by atoms with Crippen LogP contribution in [0.1, 0.15) is 66.2 Å². The number of piperidine rings is 2. The first kappa shape index (κ1) is 35.0. The SMILES string of the molecule is CC1(Oc2ccc3[nH]nc(-c4cc(N5CCN(C6CCN(CC7CN(c8ccc9c(c8)C(=O)N(C8CCC(=O)NC8=O)C9=O)C7)CC6)CC5)ncn4)c3c2)CC1. The zero-order valence-corrected chi connectivity index (χ0v) is 31.6. The van der Waals surface area contributed by atoms with Crippen LogP contribution in [-0.2, 0) is 9.59 Å². The van der Waals surface area contributed by atoms with Gasteiger partial charge in [0, 0.05) is 81.3 Å². The number of nitrogens with zero attached hydrogens (tertiary/aromatic N) is 8. The molecule has 0 radical (unpaired) electrons. The molecule has 0 bridgehead atoms. The quantitative estimate of drug-likeness (QED) is 0.241. The number of carbonyl (C=O) groups is 4. The molecule has 0 spiro atoms. The number of rotatable bonds is 9. The van der Waals surface area contributed by atoms with Gasteiger partial charge in [0.1, 0.15) is 35.2 Å². The Bertz CT molecular complexity index is 2230. The number of hydrogen-bond acceptors (Lipinski definition) is 12. The molecule has 2 aromatic carbocycles. The van der Waals surface area contributed by atoms with Crippen molar-refractivity contribution in [2.45, 2.75) is 63.1 Å². The van der Waals surface area contributed by atoms with Crippen LogP contribution in [0.2, 0.25) is 0 Å². The third kappa shape index (κ3) is 6.45. The van der Waals surface area contributed by atoms with Gasteiger partial charge in [-0.2, -0.15) is 5.10 Å². The van der Waals surface area contributed by atoms with Crippen LogP contribution in [0.4, 0.5) is 11.5 Å². The number of ether oxygens (including phenoxy) is 1. The van der Waals surface area contributed by atoms with Gasteiger partial charge in [-0.05, 0) is 88.5 Å². The van der Waals surface area contributed by atoms with E-state index in [9.17, 15) is 19.2 Å². The van der Waals surface area contributed by atoms with Crippen LogP contribution < -0.4 is 19.9 Å². The Labute approximate surface area is 324 Å². The van der Waals surface area contributed by atoms with Crippen molar-refractivity contribution in [1.82, 2.24) is 40.2 Å². The minimum Gasteiger partial charge on any atom is -0.488 e. The van der Waals surface area contributed by atoms with E-state index >= 15 is 0 Å². The first-order valence-electron chi connectivity index (χ1n) is 20.0. The van der Waals surface area contributed by atoms with E-state index in [1.165, 1.54) is 0 Å². The lowest BCUT2D eigenvalue weighted by Crippen LogP contribution is -2.55. The number of benzene rings is 2. The number of imide groups is 2. The summed E-state index contributed by atoms with van der Waals surface area (Å²) in [5.74, 6) is 0.426. The third-order valence-corrected chi connectivity index (χ3v) is 12.7. The van der Waals surface area contributed by atoms with Crippen LogP contribution in [0.15, 0.2) is 48.8 Å². The monoisotopic (exact) mass is 758 g/mol. The molecule has 2 N–H and O–H groups in total. The Morgan fingerprint density at radius 2 is 1.62 bits per heavy atom. The molecule has 15 nitrogen and oxygen atoms in total. The lowest BCUT2D eigenvalue weighted by Gasteiger charge is -2.46. The first-order chi connectivity index (χ1) is 27.2. The highest BCUT2D eigenvalue weighted by Crippen LogP contribution is 2.41. The summed E-state index contributed by atoms with van der Waals surface area (Å²) in [6, 6.07) is 13.2. The Kier molecular flexibility index (Phi) is 8.54. The summed E-state index contributed by atoms with van der Waals surface area (Å²) in [5, 5.41) is 11.0. The standard InChI is InChI=1S/C41H46N10O5/c1-41(10-11-41)56-28-3-5-32-31(19-28)37(46-45-32)33-20-35(43-24-42-33)49-16-14-48(15-17-49)26-8-12-47(13-9-26)21-25-22-50(23-25)27-2-4-29-30(18-27)40(55)51(39(29)54)34-6-7-36(52)44-38(34)53/h2-5,18-20,24-26,34H,6-17,21-23H2,1H3,(H,45,46)(H,44,52,53). The van der Waals surface area contributed by atoms with E-state index in [1.807, 2.05) is 18.2 Å². The number of piperazine rings is 1. The molecule has 1 aliphatic carbocycles. The topological polar surface area (TPSA) is 160 Å². The van der Waals surface area contributed by atoms with Gasteiger partial charge in [0.2, 0.25) is 11.8 Å². The molecule has 10 rings (SSSR count). The van der Waals surface area contributed by atoms with Crippen molar-refractivity contribution in [1.29, 1.82) is 0 Å². The summed E-state index contributed by atoms with van der Waals surface area (Å²) >= 11 is 0. The van der Waals surface area contributed by atoms with E-state index in [2.05, 4.69) is 64.1 Å². The lowest BCUT2D eigenvalue weighted by molar-refractivity contribution is -0.136. The molecule has 6 aliphatic rings. The van der Waals surface area contributed by atoms with E-state index in [0.29, 0.717) is 23.1 Å². The highest BCUT2D eigenvalue weighted by molar-refractivity contribution is 6.23. The second kappa shape index (κ2) is 13.7. The largest absolute Gasteiger partial charge is 0.488 e. The number of nitrogens with one attached hydrogen (secondary N) is 2. The van der Waals surface area contributed by atoms with Crippen molar-refractivity contribution in [3.05, 3.63) is 59.9 Å². The molecule has 4 saturated heterocycles. The Morgan fingerprint density at radius 3 is 2.39 bits per heavy atom. The number of carbonyl (C=O) groups excluding carboxylic acids is 4. The van der Waals surface area contributed by atoms with Gasteiger partial charge in [0.25, 0.3) is 11.8 Å². The molecule has 4 amide bonds. The predicted octanol–water partition coefficient (Wildman–Crippen LogP) is 3.08. The van der Waals surface area contributed by atoms with Crippen LogP contribution in [0, 0.1) is 5.92 Å². The summed E-state index contributed by atoms with van der Waals surface area (Å²) in [4.78, 5) is 70.6. The van der Waals surface area contributed by atoms with Gasteiger partial charge in [-0.1, -0.05) is 0 Å². The number of H-pyrrole nitrogens is 1. The smallest absolute Gasteiger partial charge is 0.262 e. The predicted molar refractivity (Wildman–Crippen MR) is 207 cm³/mol. The maximum absolute atomic E-state index is 13.3. The third-order valence-electron chi connectivity index (χ3n) is 12.7. The number of anilines is 2. The first-order valence-corrected chi connectivity index (χ1v) is 20.0. The fourth-order valence-electron chi connectivity index (χ4n) is 9.16. The number of amides is 4. The summed E-state index contributed by atoms with van der Waals surface area (Å²) in [6.45, 7) is 11.0. The summed E-state index contributed by atoms with van der Waals surface area (Å²) < 4.78 is 6.22. The summed E-state index contributed by atoms with van der Waals surface area (Å²) in [6.07, 6.45) is 6.40. The number of aromatic nitrogens is 4. The number of aromatic amines is 1. The average Bonchev–Trinajstić information content (AvgIpc) is 3.68. The van der Waals surface area contributed by atoms with Gasteiger partial charge in [0.05, 0.1) is 22.3 Å². The van der Waals surface area contributed by atoms with E-state index in [-0.39, 0.29) is 24.3 Å². The molecule has 56 heavy (non-hydrogen) atoms. The van der Waals surface area contributed by atoms with Crippen LogP contribution in [0.5, 0.6) is 5.75 Å². The molecule has 4 aromatic rings. The number of fused-ring (bicyclic) bond motifs is 2. The summed E-state index contributed by atoms with van der Waals surface area (Å²) in [5.41, 5.74) is 4.09. The zero-order valence-electron chi connectivity index (χ0n) is 31.6. The van der Waals surface area contributed by atoms with Crippen molar-refractivity contribution in [3.8, 4) is 17.1 Å². The van der Waals surface area contributed by atoms with Gasteiger partial charge in [-0.15, -0.1) is 0 Å². The van der Waals surface area contributed by atoms with Crippen molar-refractivity contribution in [2.24, 2.45) is 5.92 Å². The minimum absolute atomic E-state index is 0.0475. The van der Waals surface area contributed by atoms with Gasteiger partial charge in [0.15, 0.2) is 0 Å². The maximum Gasteiger partial charge on any atom is 0.262 e. The number of hydrogen-bond donors (Lipinski definition) is 2. The van der Waals surface area contributed by atoms with Crippen LogP contribution in [0.25, 0.3) is 22.3 Å². The fraction of sp³-hybridized carbons (Fsp3) is 0.488. The molecule has 15 heteroatoms. The van der Waals surface area contributed by atoms with Crippen molar-refractivity contribution in [3.63, 3.8) is 0 Å². The molecular formula is C41H46N10O5. The molecule has 7 heterocycles. The van der Waals surface area contributed by atoms with Gasteiger partial charge < -0.3 is 19.4 Å². The van der Waals surface area contributed by atoms with Crippen molar-refractivity contribution < 1.29 is 23.9 Å². The molecule has 1 unspecified atom stereocenters. The molecule has 2 aromatic heterocycles. The zero-order chi connectivity index (χ0) is 38.1. The molecule has 290 valence electrons. The average molecular weight is 759 g/mol. The lowest BCUT2D eigenvalue weighted by atomic mass is 9.95. The van der Waals surface area contributed by atoms with Gasteiger partial charge in [-0.3, -0.25) is 39.4 Å². The highest BCUT2D eigenvalue weighted by atomic mass is 16.5. The van der Waals surface area contributed by atoms with E-state index in [4.69, 9.17) is 4.74 Å². The number of likely N-dealkylation sites (tertiary alicyclic amines) is 1. The normalized spacial score (nSPS) is 23.4. The van der Waals surface area contributed by atoms with Gasteiger partial charge in [-0.25, -0.2) is 9.97 Å². The molecule has 5 aliphatic heterocycles. The Hall–Kier alpha value is -5.41. The summed E-state index contributed by atoms with van der Waals surface area (Å²) in [7, 11) is 0. The molecule has 1 atom stereocenters. The molecule has 1 saturated carbocycles. The van der Waals surface area contributed by atoms with Crippen molar-refractivity contribution >= 4 is 46.0 Å². The van der Waals surface area contributed by atoms with Crippen molar-refractivity contribution in [2.75, 3.05) is 68.7 Å².